The Hall–Kier alpha value is -2.04. The highest BCUT2D eigenvalue weighted by Crippen LogP contribution is 2.26. The van der Waals surface area contributed by atoms with Gasteiger partial charge in [0.05, 0.1) is 12.6 Å². The minimum absolute atomic E-state index is 0.167. The number of Topliss-reactive ketones (excluding diaryl/α,β-unsaturated/α-hetero) is 1. The Labute approximate surface area is 124 Å². The number of ketones is 1. The van der Waals surface area contributed by atoms with Gasteiger partial charge in [-0.1, -0.05) is 12.1 Å². The SMILES string of the molecule is CC(NC(=O)OC(C)(C)C)C(=O)c1ccc2c(c1)OCC2. The highest BCUT2D eigenvalue weighted by atomic mass is 16.6. The van der Waals surface area contributed by atoms with E-state index < -0.39 is 17.7 Å². The lowest BCUT2D eigenvalue weighted by Crippen LogP contribution is -2.41. The maximum Gasteiger partial charge on any atom is 0.408 e. The molecular weight excluding hydrogens is 270 g/mol. The maximum atomic E-state index is 12.3. The van der Waals surface area contributed by atoms with Crippen LogP contribution in [0.2, 0.25) is 0 Å². The molecule has 0 radical (unpaired) electrons. The van der Waals surface area contributed by atoms with E-state index in [9.17, 15) is 9.59 Å². The molecule has 5 nitrogen and oxygen atoms in total. The molecule has 114 valence electrons. The van der Waals surface area contributed by atoms with Crippen LogP contribution in [0.25, 0.3) is 0 Å². The summed E-state index contributed by atoms with van der Waals surface area (Å²) >= 11 is 0. The molecule has 0 bridgehead atoms. The van der Waals surface area contributed by atoms with Crippen LogP contribution < -0.4 is 10.1 Å². The summed E-state index contributed by atoms with van der Waals surface area (Å²) in [5.74, 6) is 0.587. The largest absolute Gasteiger partial charge is 0.493 e. The molecule has 5 heteroatoms. The van der Waals surface area contributed by atoms with Crippen molar-refractivity contribution < 1.29 is 19.1 Å². The van der Waals surface area contributed by atoms with Gasteiger partial charge in [0.15, 0.2) is 5.78 Å². The molecule has 1 amide bonds. The Bertz CT molecular complexity index is 560. The predicted octanol–water partition coefficient (Wildman–Crippen LogP) is 2.72. The zero-order valence-electron chi connectivity index (χ0n) is 12.9. The lowest BCUT2D eigenvalue weighted by molar-refractivity contribution is 0.0497. The van der Waals surface area contributed by atoms with Gasteiger partial charge in [-0.3, -0.25) is 4.79 Å². The molecule has 1 aliphatic heterocycles. The Morgan fingerprint density at radius 2 is 2.05 bits per heavy atom. The van der Waals surface area contributed by atoms with Crippen molar-refractivity contribution >= 4 is 11.9 Å². The van der Waals surface area contributed by atoms with E-state index >= 15 is 0 Å². The van der Waals surface area contributed by atoms with Crippen LogP contribution in [0.3, 0.4) is 0 Å². The molecule has 1 aliphatic rings. The van der Waals surface area contributed by atoms with E-state index in [4.69, 9.17) is 9.47 Å². The molecule has 0 fully saturated rings. The van der Waals surface area contributed by atoms with E-state index in [0.29, 0.717) is 12.2 Å². The van der Waals surface area contributed by atoms with E-state index in [0.717, 1.165) is 17.7 Å². The average Bonchev–Trinajstić information content (AvgIpc) is 2.82. The number of hydrogen-bond acceptors (Lipinski definition) is 4. The van der Waals surface area contributed by atoms with Crippen molar-refractivity contribution in [2.45, 2.75) is 45.8 Å². The Kier molecular flexibility index (Phi) is 4.21. The number of fused-ring (bicyclic) bond motifs is 1. The number of amides is 1. The zero-order valence-corrected chi connectivity index (χ0v) is 12.9. The van der Waals surface area contributed by atoms with Crippen molar-refractivity contribution in [2.24, 2.45) is 0 Å². The number of nitrogens with one attached hydrogen (secondary N) is 1. The van der Waals surface area contributed by atoms with Crippen molar-refractivity contribution in [3.8, 4) is 5.75 Å². The molecule has 0 aliphatic carbocycles. The molecule has 0 saturated carbocycles. The van der Waals surface area contributed by atoms with Gasteiger partial charge in [-0.15, -0.1) is 0 Å². The smallest absolute Gasteiger partial charge is 0.408 e. The number of ether oxygens (including phenoxy) is 2. The van der Waals surface area contributed by atoms with Gasteiger partial charge in [0.25, 0.3) is 0 Å². The second-order valence-electron chi connectivity index (χ2n) is 6.15. The summed E-state index contributed by atoms with van der Waals surface area (Å²) in [5.41, 5.74) is 1.05. The van der Waals surface area contributed by atoms with Crippen LogP contribution in [-0.4, -0.2) is 30.1 Å². The molecule has 1 heterocycles. The molecule has 0 aromatic heterocycles. The third kappa shape index (κ3) is 3.97. The van der Waals surface area contributed by atoms with Crippen molar-refractivity contribution in [3.05, 3.63) is 29.3 Å². The highest BCUT2D eigenvalue weighted by molar-refractivity contribution is 6.01. The standard InChI is InChI=1S/C16H21NO4/c1-10(17-15(19)21-16(2,3)4)14(18)12-6-5-11-7-8-20-13(11)9-12/h5-6,9-10H,7-8H2,1-4H3,(H,17,19). The summed E-state index contributed by atoms with van der Waals surface area (Å²) in [4.78, 5) is 24.0. The van der Waals surface area contributed by atoms with E-state index in [1.54, 1.807) is 39.8 Å². The third-order valence-electron chi connectivity index (χ3n) is 3.11. The van der Waals surface area contributed by atoms with E-state index in [2.05, 4.69) is 5.32 Å². The van der Waals surface area contributed by atoms with Gasteiger partial charge in [0, 0.05) is 12.0 Å². The molecule has 0 spiro atoms. The predicted molar refractivity (Wildman–Crippen MR) is 78.8 cm³/mol. The Morgan fingerprint density at radius 1 is 1.33 bits per heavy atom. The van der Waals surface area contributed by atoms with E-state index in [1.165, 1.54) is 0 Å². The number of hydrogen-bond donors (Lipinski definition) is 1. The van der Waals surface area contributed by atoms with Gasteiger partial charge >= 0.3 is 6.09 Å². The maximum absolute atomic E-state index is 12.3. The van der Waals surface area contributed by atoms with Crippen LogP contribution in [0, 0.1) is 0 Å². The average molecular weight is 291 g/mol. The monoisotopic (exact) mass is 291 g/mol. The summed E-state index contributed by atoms with van der Waals surface area (Å²) in [6.45, 7) is 7.61. The molecule has 21 heavy (non-hydrogen) atoms. The molecule has 2 rings (SSSR count). The molecule has 1 aromatic carbocycles. The number of alkyl carbamates (subject to hydrolysis) is 1. The van der Waals surface area contributed by atoms with Gasteiger partial charge in [-0.05, 0) is 39.3 Å². The first-order valence-electron chi connectivity index (χ1n) is 7.06. The fraction of sp³-hybridized carbons (Fsp3) is 0.500. The van der Waals surface area contributed by atoms with Crippen LogP contribution in [0.1, 0.15) is 43.6 Å². The first kappa shape index (κ1) is 15.4. The first-order valence-corrected chi connectivity index (χ1v) is 7.06. The van der Waals surface area contributed by atoms with Crippen LogP contribution in [0.4, 0.5) is 4.79 Å². The summed E-state index contributed by atoms with van der Waals surface area (Å²) in [6, 6.07) is 4.75. The lowest BCUT2D eigenvalue weighted by atomic mass is 10.0. The Balaban J connectivity index is 2.01. The molecular formula is C16H21NO4. The number of benzene rings is 1. The lowest BCUT2D eigenvalue weighted by Gasteiger charge is -2.21. The number of carbonyl (C=O) groups excluding carboxylic acids is 2. The highest BCUT2D eigenvalue weighted by Gasteiger charge is 2.23. The van der Waals surface area contributed by atoms with E-state index in [1.807, 2.05) is 6.07 Å². The van der Waals surface area contributed by atoms with Gasteiger partial charge in [-0.2, -0.15) is 0 Å². The molecule has 1 unspecified atom stereocenters. The summed E-state index contributed by atoms with van der Waals surface area (Å²) in [5, 5.41) is 2.55. The second-order valence-corrected chi connectivity index (χ2v) is 6.15. The first-order chi connectivity index (χ1) is 9.76. The van der Waals surface area contributed by atoms with Crippen LogP contribution in [0.5, 0.6) is 5.75 Å². The molecule has 1 aromatic rings. The van der Waals surface area contributed by atoms with Crippen molar-refractivity contribution in [3.63, 3.8) is 0 Å². The second kappa shape index (κ2) is 5.76. The van der Waals surface area contributed by atoms with Crippen molar-refractivity contribution in [1.82, 2.24) is 5.32 Å². The van der Waals surface area contributed by atoms with E-state index in [-0.39, 0.29) is 5.78 Å². The summed E-state index contributed by atoms with van der Waals surface area (Å²) in [7, 11) is 0. The Morgan fingerprint density at radius 3 is 2.71 bits per heavy atom. The summed E-state index contributed by atoms with van der Waals surface area (Å²) in [6.07, 6.45) is 0.274. The summed E-state index contributed by atoms with van der Waals surface area (Å²) < 4.78 is 10.6. The van der Waals surface area contributed by atoms with Gasteiger partial charge in [0.2, 0.25) is 0 Å². The number of carbonyl (C=O) groups is 2. The van der Waals surface area contributed by atoms with Gasteiger partial charge in [0.1, 0.15) is 11.4 Å². The van der Waals surface area contributed by atoms with Crippen LogP contribution in [0.15, 0.2) is 18.2 Å². The molecule has 1 N–H and O–H groups in total. The minimum atomic E-state index is -0.653. The van der Waals surface area contributed by atoms with Crippen molar-refractivity contribution in [2.75, 3.05) is 6.61 Å². The van der Waals surface area contributed by atoms with Crippen molar-refractivity contribution in [1.29, 1.82) is 0 Å². The zero-order chi connectivity index (χ0) is 15.6. The van der Waals surface area contributed by atoms with Crippen LogP contribution in [-0.2, 0) is 11.2 Å². The topological polar surface area (TPSA) is 64.6 Å². The quantitative estimate of drug-likeness (QED) is 0.870. The third-order valence-corrected chi connectivity index (χ3v) is 3.11. The molecule has 0 saturated heterocycles. The fourth-order valence-corrected chi connectivity index (χ4v) is 2.12. The molecule has 1 atom stereocenters. The fourth-order valence-electron chi connectivity index (χ4n) is 2.12. The number of rotatable bonds is 3. The minimum Gasteiger partial charge on any atom is -0.493 e. The van der Waals surface area contributed by atoms with Gasteiger partial charge < -0.3 is 14.8 Å². The normalized spacial score (nSPS) is 14.9. The van der Waals surface area contributed by atoms with Gasteiger partial charge in [-0.25, -0.2) is 4.79 Å². The van der Waals surface area contributed by atoms with Crippen LogP contribution >= 0.6 is 0 Å².